The number of unbranched alkanes of at least 4 members (excludes halogenated alkanes) is 1. The lowest BCUT2D eigenvalue weighted by molar-refractivity contribution is -0.125. The average molecular weight is 318 g/mol. The second-order valence-corrected chi connectivity index (χ2v) is 4.43. The van der Waals surface area contributed by atoms with Crippen LogP contribution in [-0.4, -0.2) is 31.4 Å². The van der Waals surface area contributed by atoms with E-state index in [2.05, 4.69) is 10.6 Å². The van der Waals surface area contributed by atoms with Gasteiger partial charge in [-0.05, 0) is 37.1 Å². The lowest BCUT2D eigenvalue weighted by Crippen LogP contribution is -2.38. The summed E-state index contributed by atoms with van der Waals surface area (Å²) in [4.78, 5) is 23.0. The van der Waals surface area contributed by atoms with E-state index >= 15 is 0 Å². The summed E-state index contributed by atoms with van der Waals surface area (Å²) in [5.74, 6) is -0.935. The third-order valence-corrected chi connectivity index (χ3v) is 2.65. The number of hydrogen-bond acceptors (Lipinski definition) is 3. The highest BCUT2D eigenvalue weighted by Gasteiger charge is 2.06. The van der Waals surface area contributed by atoms with Gasteiger partial charge in [-0.15, -0.1) is 12.4 Å². The minimum absolute atomic E-state index is 0. The summed E-state index contributed by atoms with van der Waals surface area (Å²) >= 11 is 0. The largest absolute Gasteiger partial charge is 0.355 e. The number of rotatable bonds is 8. The molecular weight excluding hydrogens is 297 g/mol. The van der Waals surface area contributed by atoms with Gasteiger partial charge in [-0.3, -0.25) is 9.59 Å². The van der Waals surface area contributed by atoms with Crippen LogP contribution < -0.4 is 16.4 Å². The predicted octanol–water partition coefficient (Wildman–Crippen LogP) is 0.761. The van der Waals surface area contributed by atoms with Crippen molar-refractivity contribution < 1.29 is 14.0 Å². The Balaban J connectivity index is 0.00000400. The molecule has 0 spiro atoms. The number of carbonyl (C=O) groups is 2. The number of nitrogens with one attached hydrogen (secondary N) is 2. The summed E-state index contributed by atoms with van der Waals surface area (Å²) in [5, 5.41) is 5.17. The van der Waals surface area contributed by atoms with Crippen molar-refractivity contribution in [2.45, 2.75) is 19.3 Å². The first-order chi connectivity index (χ1) is 9.61. The summed E-state index contributed by atoms with van der Waals surface area (Å²) in [5.41, 5.74) is 5.91. The molecule has 5 nitrogen and oxygen atoms in total. The molecule has 0 unspecified atom stereocenters. The topological polar surface area (TPSA) is 84.2 Å². The van der Waals surface area contributed by atoms with Gasteiger partial charge in [0.25, 0.3) is 0 Å². The number of hydrogen-bond donors (Lipinski definition) is 3. The number of nitrogens with two attached hydrogens (primary N) is 1. The van der Waals surface area contributed by atoms with Gasteiger partial charge in [0.05, 0.1) is 13.0 Å². The van der Waals surface area contributed by atoms with Crippen LogP contribution in [0.25, 0.3) is 0 Å². The van der Waals surface area contributed by atoms with Gasteiger partial charge in [0, 0.05) is 6.54 Å². The quantitative estimate of drug-likeness (QED) is 0.619. The summed E-state index contributed by atoms with van der Waals surface area (Å²) < 4.78 is 12.9. The summed E-state index contributed by atoms with van der Waals surface area (Å²) in [6, 6.07) is 5.82. The van der Waals surface area contributed by atoms with E-state index in [4.69, 9.17) is 5.73 Å². The van der Waals surface area contributed by atoms with Crippen molar-refractivity contribution >= 4 is 24.2 Å². The van der Waals surface area contributed by atoms with Gasteiger partial charge in [0.15, 0.2) is 0 Å². The van der Waals surface area contributed by atoms with E-state index in [1.54, 1.807) is 12.1 Å². The second kappa shape index (κ2) is 11.0. The molecule has 0 aliphatic rings. The molecule has 1 aromatic carbocycles. The van der Waals surface area contributed by atoms with Crippen LogP contribution in [-0.2, 0) is 16.0 Å². The molecule has 118 valence electrons. The van der Waals surface area contributed by atoms with E-state index in [1.807, 2.05) is 0 Å². The van der Waals surface area contributed by atoms with Crippen LogP contribution in [0.2, 0.25) is 0 Å². The van der Waals surface area contributed by atoms with Crippen LogP contribution >= 0.6 is 12.4 Å². The van der Waals surface area contributed by atoms with Crippen LogP contribution in [0, 0.1) is 5.82 Å². The molecule has 1 aromatic rings. The second-order valence-electron chi connectivity index (χ2n) is 4.43. The maximum absolute atomic E-state index is 12.9. The number of halogens is 2. The predicted molar refractivity (Wildman–Crippen MR) is 81.7 cm³/mol. The highest BCUT2D eigenvalue weighted by Crippen LogP contribution is 2.03. The maximum Gasteiger partial charge on any atom is 0.239 e. The van der Waals surface area contributed by atoms with Gasteiger partial charge in [0.1, 0.15) is 5.82 Å². The molecular formula is C14H21ClFN3O2. The molecule has 21 heavy (non-hydrogen) atoms. The average Bonchev–Trinajstić information content (AvgIpc) is 2.41. The normalized spacial score (nSPS) is 9.62. The molecule has 0 aliphatic carbocycles. The minimum Gasteiger partial charge on any atom is -0.355 e. The molecule has 0 aromatic heterocycles. The van der Waals surface area contributed by atoms with Gasteiger partial charge in [0.2, 0.25) is 11.8 Å². The highest BCUT2D eigenvalue weighted by molar-refractivity contribution is 5.85. The number of benzene rings is 1. The van der Waals surface area contributed by atoms with Crippen LogP contribution in [0.15, 0.2) is 24.3 Å². The van der Waals surface area contributed by atoms with Gasteiger partial charge in [-0.1, -0.05) is 12.1 Å². The molecule has 0 heterocycles. The molecule has 0 atom stereocenters. The van der Waals surface area contributed by atoms with E-state index in [1.165, 1.54) is 12.1 Å². The Bertz CT molecular complexity index is 458. The Morgan fingerprint density at radius 1 is 1.14 bits per heavy atom. The van der Waals surface area contributed by atoms with Crippen molar-refractivity contribution in [3.63, 3.8) is 0 Å². The molecule has 0 bridgehead atoms. The van der Waals surface area contributed by atoms with Crippen molar-refractivity contribution in [1.29, 1.82) is 0 Å². The van der Waals surface area contributed by atoms with Gasteiger partial charge >= 0.3 is 0 Å². The van der Waals surface area contributed by atoms with Crippen LogP contribution in [0.5, 0.6) is 0 Å². The first kappa shape index (κ1) is 19.3. The Morgan fingerprint density at radius 3 is 2.57 bits per heavy atom. The van der Waals surface area contributed by atoms with E-state index < -0.39 is 0 Å². The van der Waals surface area contributed by atoms with E-state index in [-0.39, 0.29) is 43.0 Å². The van der Waals surface area contributed by atoms with Crippen molar-refractivity contribution in [3.05, 3.63) is 35.6 Å². The van der Waals surface area contributed by atoms with Crippen molar-refractivity contribution in [1.82, 2.24) is 10.6 Å². The maximum atomic E-state index is 12.9. The Labute approximate surface area is 129 Å². The lowest BCUT2D eigenvalue weighted by atomic mass is 10.1. The van der Waals surface area contributed by atoms with Crippen molar-refractivity contribution in [2.24, 2.45) is 5.73 Å². The van der Waals surface area contributed by atoms with Crippen molar-refractivity contribution in [2.75, 3.05) is 19.6 Å². The third kappa shape index (κ3) is 8.99. The Kier molecular flexibility index (Phi) is 10.2. The Hall–Kier alpha value is -1.66. The molecule has 2 amide bonds. The SMILES string of the molecule is Cl.NCCCCNC(=O)CNC(=O)Cc1cccc(F)c1. The fraction of sp³-hybridized carbons (Fsp3) is 0.429. The zero-order chi connectivity index (χ0) is 14.8. The number of carbonyl (C=O) groups excluding carboxylic acids is 2. The summed E-state index contributed by atoms with van der Waals surface area (Å²) in [7, 11) is 0. The molecule has 0 radical (unpaired) electrons. The standard InChI is InChI=1S/C14H20FN3O2.ClH/c15-12-5-3-4-11(8-12)9-13(19)18-10-14(20)17-7-2-1-6-16;/h3-5,8H,1-2,6-7,9-10,16H2,(H,17,20)(H,18,19);1H. The van der Waals surface area contributed by atoms with Crippen molar-refractivity contribution in [3.8, 4) is 0 Å². The zero-order valence-electron chi connectivity index (χ0n) is 11.7. The molecule has 0 fully saturated rings. The summed E-state index contributed by atoms with van der Waals surface area (Å²) in [6.07, 6.45) is 1.73. The highest BCUT2D eigenvalue weighted by atomic mass is 35.5. The van der Waals surface area contributed by atoms with Crippen LogP contribution in [0.4, 0.5) is 4.39 Å². The monoisotopic (exact) mass is 317 g/mol. The van der Waals surface area contributed by atoms with E-state index in [9.17, 15) is 14.0 Å². The zero-order valence-corrected chi connectivity index (χ0v) is 12.5. The van der Waals surface area contributed by atoms with Gasteiger partial charge in [-0.25, -0.2) is 4.39 Å². The molecule has 0 aliphatic heterocycles. The van der Waals surface area contributed by atoms with Crippen LogP contribution in [0.1, 0.15) is 18.4 Å². The summed E-state index contributed by atoms with van der Waals surface area (Å²) in [6.45, 7) is 1.08. The first-order valence-corrected chi connectivity index (χ1v) is 6.59. The first-order valence-electron chi connectivity index (χ1n) is 6.59. The van der Waals surface area contributed by atoms with E-state index in [0.29, 0.717) is 18.7 Å². The molecule has 1 rings (SSSR count). The number of amides is 2. The van der Waals surface area contributed by atoms with Gasteiger partial charge < -0.3 is 16.4 Å². The van der Waals surface area contributed by atoms with E-state index in [0.717, 1.165) is 12.8 Å². The molecule has 0 saturated carbocycles. The molecule has 4 N–H and O–H groups in total. The van der Waals surface area contributed by atoms with Crippen LogP contribution in [0.3, 0.4) is 0 Å². The fourth-order valence-corrected chi connectivity index (χ4v) is 1.63. The minimum atomic E-state index is -0.382. The van der Waals surface area contributed by atoms with Gasteiger partial charge in [-0.2, -0.15) is 0 Å². The third-order valence-electron chi connectivity index (χ3n) is 2.65. The molecule has 0 saturated heterocycles. The fourth-order valence-electron chi connectivity index (χ4n) is 1.63. The molecule has 7 heteroatoms. The Morgan fingerprint density at radius 2 is 1.90 bits per heavy atom. The smallest absolute Gasteiger partial charge is 0.239 e. The lowest BCUT2D eigenvalue weighted by Gasteiger charge is -2.07.